The maximum atomic E-state index is 13.2. The Morgan fingerprint density at radius 1 is 1.07 bits per heavy atom. The third kappa shape index (κ3) is 4.54. The van der Waals surface area contributed by atoms with E-state index in [0.29, 0.717) is 24.3 Å². The molecule has 1 N–H and O–H groups in total. The largest absolute Gasteiger partial charge is 0.338 e. The maximum Gasteiger partial charge on any atom is 0.254 e. The lowest BCUT2D eigenvalue weighted by Crippen LogP contribution is -2.43. The highest BCUT2D eigenvalue weighted by Gasteiger charge is 2.29. The van der Waals surface area contributed by atoms with Gasteiger partial charge in [0.1, 0.15) is 5.82 Å². The number of hydrogen-bond acceptors (Lipinski definition) is 3. The van der Waals surface area contributed by atoms with Gasteiger partial charge >= 0.3 is 0 Å². The molecular formula is C23H21FN2O2S. The number of benzene rings is 2. The number of nitrogens with zero attached hydrogens (tertiary/aromatic N) is 1. The fraction of sp³-hybridized carbons (Fsp3) is 0.217. The summed E-state index contributed by atoms with van der Waals surface area (Å²) < 4.78 is 13.2. The number of piperidine rings is 1. The van der Waals surface area contributed by atoms with Crippen LogP contribution < -0.4 is 5.32 Å². The van der Waals surface area contributed by atoms with E-state index in [1.165, 1.54) is 23.5 Å². The quantitative estimate of drug-likeness (QED) is 0.657. The second-order valence-corrected chi connectivity index (χ2v) is 7.96. The maximum absolute atomic E-state index is 13.2. The molecule has 2 heterocycles. The highest BCUT2D eigenvalue weighted by molar-refractivity contribution is 7.08. The first-order valence-corrected chi connectivity index (χ1v) is 10.5. The van der Waals surface area contributed by atoms with Crippen molar-refractivity contribution in [2.75, 3.05) is 18.4 Å². The Morgan fingerprint density at radius 2 is 1.90 bits per heavy atom. The Labute approximate surface area is 173 Å². The topological polar surface area (TPSA) is 49.4 Å². The zero-order valence-corrected chi connectivity index (χ0v) is 16.6. The molecule has 0 saturated carbocycles. The van der Waals surface area contributed by atoms with Crippen LogP contribution >= 0.6 is 11.3 Å². The molecule has 2 amide bonds. The van der Waals surface area contributed by atoms with Crippen molar-refractivity contribution in [3.05, 3.63) is 76.7 Å². The number of anilines is 1. The fourth-order valence-electron chi connectivity index (χ4n) is 3.61. The van der Waals surface area contributed by atoms with E-state index in [9.17, 15) is 14.0 Å². The van der Waals surface area contributed by atoms with E-state index in [1.807, 2.05) is 41.1 Å². The van der Waals surface area contributed by atoms with Crippen molar-refractivity contribution in [1.82, 2.24) is 4.90 Å². The molecule has 3 aromatic rings. The molecule has 1 aromatic heterocycles. The van der Waals surface area contributed by atoms with Crippen LogP contribution in [0.2, 0.25) is 0 Å². The zero-order valence-electron chi connectivity index (χ0n) is 15.8. The van der Waals surface area contributed by atoms with Crippen LogP contribution in [0.1, 0.15) is 23.2 Å². The molecule has 0 spiro atoms. The van der Waals surface area contributed by atoms with E-state index in [4.69, 9.17) is 0 Å². The van der Waals surface area contributed by atoms with Crippen molar-refractivity contribution in [3.8, 4) is 11.1 Å². The van der Waals surface area contributed by atoms with Gasteiger partial charge in [0, 0.05) is 24.2 Å². The van der Waals surface area contributed by atoms with Gasteiger partial charge in [-0.25, -0.2) is 4.39 Å². The normalized spacial score (nSPS) is 16.4. The number of carbonyl (C=O) groups is 2. The van der Waals surface area contributed by atoms with Crippen molar-refractivity contribution in [2.24, 2.45) is 5.92 Å². The second kappa shape index (κ2) is 8.57. The molecule has 1 aliphatic heterocycles. The number of amides is 2. The molecule has 2 aromatic carbocycles. The number of likely N-dealkylation sites (tertiary alicyclic amines) is 1. The van der Waals surface area contributed by atoms with Crippen LogP contribution in [-0.4, -0.2) is 29.8 Å². The van der Waals surface area contributed by atoms with Gasteiger partial charge in [-0.3, -0.25) is 9.59 Å². The van der Waals surface area contributed by atoms with Crippen LogP contribution in [0.5, 0.6) is 0 Å². The number of nitrogens with one attached hydrogen (secondary N) is 1. The SMILES string of the molecule is O=C(Nc1cccc(-c2ccc(F)cc2)c1)C1CCCN(C(=O)c2ccsc2)C1. The third-order valence-corrected chi connectivity index (χ3v) is 5.84. The minimum absolute atomic E-state index is 0.0120. The molecule has 1 saturated heterocycles. The van der Waals surface area contributed by atoms with Crippen molar-refractivity contribution in [2.45, 2.75) is 12.8 Å². The van der Waals surface area contributed by atoms with Gasteiger partial charge in [0.05, 0.1) is 11.5 Å². The predicted molar refractivity (Wildman–Crippen MR) is 113 cm³/mol. The average Bonchev–Trinajstić information content (AvgIpc) is 3.29. The summed E-state index contributed by atoms with van der Waals surface area (Å²) in [5.41, 5.74) is 3.16. The Bertz CT molecular complexity index is 1000. The molecule has 0 aliphatic carbocycles. The standard InChI is InChI=1S/C23H21FN2O2S/c24-20-8-6-16(7-9-20)17-3-1-5-21(13-17)25-22(27)18-4-2-11-26(14-18)23(28)19-10-12-29-15-19/h1,3,5-10,12-13,15,18H,2,4,11,14H2,(H,25,27). The predicted octanol–water partition coefficient (Wildman–Crippen LogP) is 5.05. The van der Waals surface area contributed by atoms with Gasteiger partial charge < -0.3 is 10.2 Å². The van der Waals surface area contributed by atoms with Crippen LogP contribution in [0.25, 0.3) is 11.1 Å². The molecule has 6 heteroatoms. The van der Waals surface area contributed by atoms with Gasteiger partial charge in [-0.15, -0.1) is 0 Å². The Morgan fingerprint density at radius 3 is 2.66 bits per heavy atom. The van der Waals surface area contributed by atoms with E-state index in [0.717, 1.165) is 24.0 Å². The van der Waals surface area contributed by atoms with E-state index in [2.05, 4.69) is 5.32 Å². The molecule has 1 fully saturated rings. The van der Waals surface area contributed by atoms with E-state index >= 15 is 0 Å². The van der Waals surface area contributed by atoms with Crippen molar-refractivity contribution in [1.29, 1.82) is 0 Å². The third-order valence-electron chi connectivity index (χ3n) is 5.16. The molecule has 148 valence electrons. The molecule has 4 nitrogen and oxygen atoms in total. The summed E-state index contributed by atoms with van der Waals surface area (Å²) in [5, 5.41) is 6.70. The first-order valence-electron chi connectivity index (χ1n) is 9.58. The molecule has 1 atom stereocenters. The number of hydrogen-bond donors (Lipinski definition) is 1. The van der Waals surface area contributed by atoms with E-state index in [-0.39, 0.29) is 23.5 Å². The zero-order chi connectivity index (χ0) is 20.2. The van der Waals surface area contributed by atoms with Gasteiger partial charge in [-0.1, -0.05) is 24.3 Å². The fourth-order valence-corrected chi connectivity index (χ4v) is 4.24. The molecule has 0 bridgehead atoms. The summed E-state index contributed by atoms with van der Waals surface area (Å²) in [5.74, 6) is -0.607. The summed E-state index contributed by atoms with van der Waals surface area (Å²) in [6.45, 7) is 1.11. The van der Waals surface area contributed by atoms with E-state index < -0.39 is 0 Å². The summed E-state index contributed by atoms with van der Waals surface area (Å²) in [6.07, 6.45) is 1.57. The number of halogens is 1. The smallest absolute Gasteiger partial charge is 0.254 e. The minimum Gasteiger partial charge on any atom is -0.338 e. The average molecular weight is 408 g/mol. The lowest BCUT2D eigenvalue weighted by atomic mass is 9.96. The van der Waals surface area contributed by atoms with E-state index in [1.54, 1.807) is 17.0 Å². The Hall–Kier alpha value is -2.99. The summed E-state index contributed by atoms with van der Waals surface area (Å²) in [7, 11) is 0. The lowest BCUT2D eigenvalue weighted by Gasteiger charge is -2.32. The summed E-state index contributed by atoms with van der Waals surface area (Å²) in [4.78, 5) is 27.2. The molecule has 1 unspecified atom stereocenters. The van der Waals surface area contributed by atoms with Crippen molar-refractivity contribution in [3.63, 3.8) is 0 Å². The van der Waals surface area contributed by atoms with Crippen LogP contribution in [0.3, 0.4) is 0 Å². The van der Waals surface area contributed by atoms with Gasteiger partial charge in [-0.2, -0.15) is 11.3 Å². The van der Waals surface area contributed by atoms with Crippen molar-refractivity contribution >= 4 is 28.8 Å². The van der Waals surface area contributed by atoms with Gasteiger partial charge in [0.15, 0.2) is 0 Å². The van der Waals surface area contributed by atoms with Crippen LogP contribution in [-0.2, 0) is 4.79 Å². The highest BCUT2D eigenvalue weighted by Crippen LogP contribution is 2.25. The van der Waals surface area contributed by atoms with Crippen LogP contribution in [0.4, 0.5) is 10.1 Å². The summed E-state index contributed by atoms with van der Waals surface area (Å²) in [6, 6.07) is 15.6. The van der Waals surface area contributed by atoms with Crippen LogP contribution in [0, 0.1) is 11.7 Å². The highest BCUT2D eigenvalue weighted by atomic mass is 32.1. The van der Waals surface area contributed by atoms with Crippen molar-refractivity contribution < 1.29 is 14.0 Å². The number of rotatable bonds is 4. The lowest BCUT2D eigenvalue weighted by molar-refractivity contribution is -0.121. The molecule has 1 aliphatic rings. The second-order valence-electron chi connectivity index (χ2n) is 7.18. The summed E-state index contributed by atoms with van der Waals surface area (Å²) >= 11 is 1.49. The number of carbonyl (C=O) groups excluding carboxylic acids is 2. The molecule has 4 rings (SSSR count). The van der Waals surface area contributed by atoms with Gasteiger partial charge in [0.2, 0.25) is 5.91 Å². The van der Waals surface area contributed by atoms with Crippen LogP contribution in [0.15, 0.2) is 65.4 Å². The van der Waals surface area contributed by atoms with Gasteiger partial charge in [-0.05, 0) is 59.7 Å². The molecule has 29 heavy (non-hydrogen) atoms. The first-order chi connectivity index (χ1) is 14.1. The minimum atomic E-state index is -0.281. The molecular weight excluding hydrogens is 387 g/mol. The van der Waals surface area contributed by atoms with Gasteiger partial charge in [0.25, 0.3) is 5.91 Å². The first kappa shape index (κ1) is 19.3. The number of thiophene rings is 1. The molecule has 0 radical (unpaired) electrons. The Balaban J connectivity index is 1.43. The monoisotopic (exact) mass is 408 g/mol. The Kier molecular flexibility index (Phi) is 5.71.